The van der Waals surface area contributed by atoms with Crippen molar-refractivity contribution < 1.29 is 0 Å². The molecule has 0 N–H and O–H groups in total. The van der Waals surface area contributed by atoms with Gasteiger partial charge in [-0.05, 0) is 25.3 Å². The van der Waals surface area contributed by atoms with Crippen molar-refractivity contribution in [1.82, 2.24) is 4.98 Å². The summed E-state index contributed by atoms with van der Waals surface area (Å²) >= 11 is 5.93. The highest BCUT2D eigenvalue weighted by molar-refractivity contribution is 6.17. The second-order valence-electron chi connectivity index (χ2n) is 4.04. The molecule has 2 nitrogen and oxygen atoms in total. The van der Waals surface area contributed by atoms with Gasteiger partial charge in [-0.25, -0.2) is 0 Å². The van der Waals surface area contributed by atoms with Gasteiger partial charge < -0.3 is 4.90 Å². The van der Waals surface area contributed by atoms with Crippen molar-refractivity contribution in [3.05, 3.63) is 24.0 Å². The Hall–Kier alpha value is -0.760. The fourth-order valence-corrected chi connectivity index (χ4v) is 2.59. The Labute approximate surface area is 96.3 Å². The van der Waals surface area contributed by atoms with Gasteiger partial charge in [-0.1, -0.05) is 6.92 Å². The molecule has 1 saturated heterocycles. The van der Waals surface area contributed by atoms with E-state index >= 15 is 0 Å². The van der Waals surface area contributed by atoms with Gasteiger partial charge in [0.25, 0.3) is 0 Å². The van der Waals surface area contributed by atoms with E-state index in [4.69, 9.17) is 11.6 Å². The summed E-state index contributed by atoms with van der Waals surface area (Å²) in [6.45, 7) is 3.41. The Bertz CT molecular complexity index is 327. The second kappa shape index (κ2) is 4.84. The lowest BCUT2D eigenvalue weighted by atomic mass is 10.1. The maximum Gasteiger partial charge on any atom is 0.0509 e. The molecule has 1 fully saturated rings. The highest BCUT2D eigenvalue weighted by Crippen LogP contribution is 2.30. The first kappa shape index (κ1) is 10.7. The molecule has 0 spiro atoms. The highest BCUT2D eigenvalue weighted by atomic mass is 35.5. The first-order chi connectivity index (χ1) is 7.36. The van der Waals surface area contributed by atoms with Gasteiger partial charge in [0.2, 0.25) is 0 Å². The first-order valence-corrected chi connectivity index (χ1v) is 6.15. The van der Waals surface area contributed by atoms with Crippen molar-refractivity contribution in [3.8, 4) is 0 Å². The van der Waals surface area contributed by atoms with E-state index in [9.17, 15) is 0 Å². The van der Waals surface area contributed by atoms with E-state index in [0.717, 1.165) is 12.1 Å². The number of nitrogens with zero attached hydrogens (tertiary/aromatic N) is 2. The van der Waals surface area contributed by atoms with Crippen molar-refractivity contribution in [2.24, 2.45) is 0 Å². The molecule has 82 valence electrons. The van der Waals surface area contributed by atoms with Gasteiger partial charge in [0, 0.05) is 36.2 Å². The predicted molar refractivity (Wildman–Crippen MR) is 64.5 cm³/mol. The third-order valence-electron chi connectivity index (χ3n) is 3.18. The molecule has 0 amide bonds. The quantitative estimate of drug-likeness (QED) is 0.733. The van der Waals surface area contributed by atoms with E-state index in [1.54, 1.807) is 0 Å². The smallest absolute Gasteiger partial charge is 0.0509 e. The molecular formula is C12H17ClN2. The van der Waals surface area contributed by atoms with Gasteiger partial charge >= 0.3 is 0 Å². The monoisotopic (exact) mass is 224 g/mol. The lowest BCUT2D eigenvalue weighted by molar-refractivity contribution is 0.644. The maximum atomic E-state index is 5.93. The van der Waals surface area contributed by atoms with Gasteiger partial charge in [0.15, 0.2) is 0 Å². The Balaban J connectivity index is 2.27. The molecule has 1 aliphatic rings. The fourth-order valence-electron chi connectivity index (χ4n) is 2.38. The van der Waals surface area contributed by atoms with Crippen LogP contribution in [0.15, 0.2) is 18.5 Å². The number of hydrogen-bond donors (Lipinski definition) is 0. The number of hydrogen-bond acceptors (Lipinski definition) is 2. The van der Waals surface area contributed by atoms with E-state index in [1.807, 2.05) is 12.4 Å². The van der Waals surface area contributed by atoms with Crippen molar-refractivity contribution in [1.29, 1.82) is 0 Å². The topological polar surface area (TPSA) is 16.1 Å². The molecule has 1 atom stereocenters. The van der Waals surface area contributed by atoms with Gasteiger partial charge in [-0.3, -0.25) is 4.98 Å². The minimum absolute atomic E-state index is 0.552. The molecule has 0 bridgehead atoms. The van der Waals surface area contributed by atoms with Gasteiger partial charge in [0.05, 0.1) is 5.88 Å². The largest absolute Gasteiger partial charge is 0.368 e. The Kier molecular flexibility index (Phi) is 3.47. The van der Waals surface area contributed by atoms with Crippen LogP contribution in [0.2, 0.25) is 0 Å². The van der Waals surface area contributed by atoms with Crippen molar-refractivity contribution >= 4 is 17.3 Å². The third kappa shape index (κ3) is 2.10. The molecule has 2 heterocycles. The minimum Gasteiger partial charge on any atom is -0.368 e. The molecule has 1 aromatic heterocycles. The molecule has 1 aromatic rings. The van der Waals surface area contributed by atoms with E-state index in [1.165, 1.54) is 24.9 Å². The van der Waals surface area contributed by atoms with Crippen LogP contribution in [0, 0.1) is 0 Å². The molecule has 3 heteroatoms. The van der Waals surface area contributed by atoms with E-state index in [2.05, 4.69) is 22.9 Å². The number of halogens is 1. The Morgan fingerprint density at radius 2 is 2.47 bits per heavy atom. The van der Waals surface area contributed by atoms with Crippen LogP contribution in [-0.4, -0.2) is 17.6 Å². The predicted octanol–water partition coefficient (Wildman–Crippen LogP) is 3.20. The van der Waals surface area contributed by atoms with Crippen LogP contribution in [0.5, 0.6) is 0 Å². The van der Waals surface area contributed by atoms with Gasteiger partial charge in [-0.2, -0.15) is 0 Å². The van der Waals surface area contributed by atoms with Crippen LogP contribution in [0.25, 0.3) is 0 Å². The third-order valence-corrected chi connectivity index (χ3v) is 3.47. The van der Waals surface area contributed by atoms with Crippen molar-refractivity contribution in [2.75, 3.05) is 11.4 Å². The van der Waals surface area contributed by atoms with Gasteiger partial charge in [-0.15, -0.1) is 11.6 Å². The van der Waals surface area contributed by atoms with Gasteiger partial charge in [0.1, 0.15) is 0 Å². The van der Waals surface area contributed by atoms with E-state index < -0.39 is 0 Å². The molecular weight excluding hydrogens is 208 g/mol. The van der Waals surface area contributed by atoms with Crippen LogP contribution in [0.4, 0.5) is 5.69 Å². The molecule has 0 aromatic carbocycles. The molecule has 15 heavy (non-hydrogen) atoms. The summed E-state index contributed by atoms with van der Waals surface area (Å²) < 4.78 is 0. The summed E-state index contributed by atoms with van der Waals surface area (Å²) in [5, 5.41) is 0. The average molecular weight is 225 g/mol. The molecule has 1 unspecified atom stereocenters. The number of alkyl halides is 1. The maximum absolute atomic E-state index is 5.93. The van der Waals surface area contributed by atoms with Crippen LogP contribution in [-0.2, 0) is 5.88 Å². The lowest BCUT2D eigenvalue weighted by Crippen LogP contribution is -2.29. The lowest BCUT2D eigenvalue weighted by Gasteiger charge is -2.27. The molecule has 1 aliphatic heterocycles. The zero-order valence-corrected chi connectivity index (χ0v) is 9.87. The minimum atomic E-state index is 0.552. The van der Waals surface area contributed by atoms with Crippen LogP contribution >= 0.6 is 11.6 Å². The summed E-state index contributed by atoms with van der Waals surface area (Å²) in [6, 6.07) is 2.78. The fraction of sp³-hybridized carbons (Fsp3) is 0.583. The Morgan fingerprint density at radius 3 is 3.20 bits per heavy atom. The number of aromatic nitrogens is 1. The van der Waals surface area contributed by atoms with Crippen LogP contribution in [0.1, 0.15) is 31.7 Å². The van der Waals surface area contributed by atoms with E-state index in [-0.39, 0.29) is 0 Å². The second-order valence-corrected chi connectivity index (χ2v) is 4.30. The number of rotatable bonds is 3. The number of pyridine rings is 1. The molecule has 2 rings (SSSR count). The standard InChI is InChI=1S/C12H17ClN2/c1-2-11-4-3-7-15(11)12-5-6-14-9-10(12)8-13/h5-6,9,11H,2-4,7-8H2,1H3. The van der Waals surface area contributed by atoms with Crippen molar-refractivity contribution in [3.63, 3.8) is 0 Å². The summed E-state index contributed by atoms with van der Waals surface area (Å²) in [4.78, 5) is 6.61. The molecule has 0 radical (unpaired) electrons. The van der Waals surface area contributed by atoms with Crippen LogP contribution in [0.3, 0.4) is 0 Å². The molecule has 0 saturated carbocycles. The summed E-state index contributed by atoms with van der Waals surface area (Å²) in [6.07, 6.45) is 7.55. The summed E-state index contributed by atoms with van der Waals surface area (Å²) in [7, 11) is 0. The Morgan fingerprint density at radius 1 is 1.60 bits per heavy atom. The average Bonchev–Trinajstić information content (AvgIpc) is 2.76. The zero-order chi connectivity index (χ0) is 10.7. The molecule has 0 aliphatic carbocycles. The SMILES string of the molecule is CCC1CCCN1c1ccncc1CCl. The van der Waals surface area contributed by atoms with Crippen LogP contribution < -0.4 is 4.90 Å². The van der Waals surface area contributed by atoms with E-state index in [0.29, 0.717) is 11.9 Å². The first-order valence-electron chi connectivity index (χ1n) is 5.62. The highest BCUT2D eigenvalue weighted by Gasteiger charge is 2.24. The zero-order valence-electron chi connectivity index (χ0n) is 9.12. The summed E-state index contributed by atoms with van der Waals surface area (Å²) in [5.74, 6) is 0.552. The number of anilines is 1. The van der Waals surface area contributed by atoms with Crippen molar-refractivity contribution in [2.45, 2.75) is 38.1 Å². The summed E-state index contributed by atoms with van der Waals surface area (Å²) in [5.41, 5.74) is 2.43. The normalized spacial score (nSPS) is 20.9.